The molecule has 0 saturated heterocycles. The highest BCUT2D eigenvalue weighted by atomic mass is 32.2. The van der Waals surface area contributed by atoms with Crippen LogP contribution in [0.3, 0.4) is 0 Å². The summed E-state index contributed by atoms with van der Waals surface area (Å²) in [6, 6.07) is 10.7. The Bertz CT molecular complexity index is 562. The topological polar surface area (TPSA) is 12.4 Å². The van der Waals surface area contributed by atoms with E-state index in [4.69, 9.17) is 4.99 Å². The second kappa shape index (κ2) is 3.46. The minimum Gasteiger partial charge on any atom is -0.269 e. The third kappa shape index (κ3) is 1.27. The molecule has 2 heteroatoms. The largest absolute Gasteiger partial charge is 0.269 e. The smallest absolute Gasteiger partial charge is 0.0990 e. The fourth-order valence-corrected chi connectivity index (χ4v) is 6.47. The summed E-state index contributed by atoms with van der Waals surface area (Å²) in [5.74, 6) is 0.867. The molecule has 1 aromatic carbocycles. The molecule has 1 spiro atoms. The van der Waals surface area contributed by atoms with Crippen LogP contribution >= 0.6 is 11.8 Å². The van der Waals surface area contributed by atoms with Crippen LogP contribution in [0.2, 0.25) is 0 Å². The summed E-state index contributed by atoms with van der Waals surface area (Å²) in [6.07, 6.45) is 4.11. The van der Waals surface area contributed by atoms with Crippen molar-refractivity contribution in [3.63, 3.8) is 0 Å². The Hall–Kier alpha value is -0.760. The molecule has 1 aliphatic heterocycles. The van der Waals surface area contributed by atoms with Crippen LogP contribution in [0.5, 0.6) is 0 Å². The zero-order valence-electron chi connectivity index (χ0n) is 11.9. The van der Waals surface area contributed by atoms with Gasteiger partial charge in [0.25, 0.3) is 0 Å². The van der Waals surface area contributed by atoms with E-state index in [0.717, 1.165) is 5.92 Å². The highest BCUT2D eigenvalue weighted by molar-refractivity contribution is 8.16. The maximum atomic E-state index is 5.26. The SMILES string of the molecule is CC1(C)[C@@H]2CC[C@]3(C2)SC(c2ccccc2)=N[C@@]13C. The molecule has 3 atom stereocenters. The summed E-state index contributed by atoms with van der Waals surface area (Å²) in [6.45, 7) is 7.29. The lowest BCUT2D eigenvalue weighted by Gasteiger charge is -2.46. The number of aliphatic imine (C=N–C) groups is 1. The van der Waals surface area contributed by atoms with Gasteiger partial charge in [-0.25, -0.2) is 0 Å². The molecular weight excluding hydrogens is 250 g/mol. The Morgan fingerprint density at radius 2 is 1.89 bits per heavy atom. The van der Waals surface area contributed by atoms with Gasteiger partial charge < -0.3 is 0 Å². The van der Waals surface area contributed by atoms with Gasteiger partial charge in [0, 0.05) is 10.3 Å². The maximum absolute atomic E-state index is 5.26. The second-order valence-corrected chi connectivity index (χ2v) is 8.49. The second-order valence-electron chi connectivity index (χ2n) is 7.11. The van der Waals surface area contributed by atoms with Gasteiger partial charge in [-0.2, -0.15) is 0 Å². The molecule has 1 nitrogen and oxygen atoms in total. The van der Waals surface area contributed by atoms with Crippen LogP contribution in [0, 0.1) is 11.3 Å². The van der Waals surface area contributed by atoms with E-state index in [1.165, 1.54) is 29.9 Å². The van der Waals surface area contributed by atoms with Crippen LogP contribution in [0.15, 0.2) is 35.3 Å². The summed E-state index contributed by atoms with van der Waals surface area (Å²) in [7, 11) is 0. The average Bonchev–Trinajstić information content (AvgIpc) is 3.00. The van der Waals surface area contributed by atoms with E-state index in [1.807, 2.05) is 0 Å². The highest BCUT2D eigenvalue weighted by Crippen LogP contribution is 2.72. The normalized spacial score (nSPS) is 42.3. The molecule has 0 amide bonds. The van der Waals surface area contributed by atoms with Crippen molar-refractivity contribution in [2.24, 2.45) is 16.3 Å². The lowest BCUT2D eigenvalue weighted by Crippen LogP contribution is -2.51. The monoisotopic (exact) mass is 271 g/mol. The minimum atomic E-state index is 0.124. The van der Waals surface area contributed by atoms with Crippen molar-refractivity contribution < 1.29 is 0 Å². The number of hydrogen-bond acceptors (Lipinski definition) is 2. The lowest BCUT2D eigenvalue weighted by atomic mass is 9.64. The van der Waals surface area contributed by atoms with Crippen molar-refractivity contribution in [3.8, 4) is 0 Å². The van der Waals surface area contributed by atoms with Crippen molar-refractivity contribution >= 4 is 16.8 Å². The van der Waals surface area contributed by atoms with Crippen molar-refractivity contribution in [3.05, 3.63) is 35.9 Å². The molecule has 100 valence electrons. The zero-order chi connectivity index (χ0) is 13.3. The Morgan fingerprint density at radius 3 is 2.58 bits per heavy atom. The first kappa shape index (κ1) is 12.0. The van der Waals surface area contributed by atoms with Crippen molar-refractivity contribution in [1.82, 2.24) is 0 Å². The number of fused-ring (bicyclic) bond motifs is 1. The van der Waals surface area contributed by atoms with Gasteiger partial charge in [0.15, 0.2) is 0 Å². The molecule has 1 aromatic rings. The number of thioether (sulfide) groups is 1. The van der Waals surface area contributed by atoms with Crippen LogP contribution in [-0.4, -0.2) is 15.3 Å². The quantitative estimate of drug-likeness (QED) is 0.731. The molecule has 2 aliphatic carbocycles. The standard InChI is InChI=1S/C17H21NS/c1-15(2)13-9-10-17(11-13)16(15,3)18-14(19-17)12-7-5-4-6-8-12/h4-8,13H,9-11H2,1-3H3/t13-,16+,17-/m1/s1. The molecule has 2 bridgehead atoms. The minimum absolute atomic E-state index is 0.124. The van der Waals surface area contributed by atoms with Crippen LogP contribution in [0.25, 0.3) is 0 Å². The van der Waals surface area contributed by atoms with Crippen molar-refractivity contribution in [1.29, 1.82) is 0 Å². The fraction of sp³-hybridized carbons (Fsp3) is 0.588. The molecule has 1 heterocycles. The molecule has 0 unspecified atom stereocenters. The predicted molar refractivity (Wildman–Crippen MR) is 82.8 cm³/mol. The molecule has 19 heavy (non-hydrogen) atoms. The zero-order valence-corrected chi connectivity index (χ0v) is 12.8. The van der Waals surface area contributed by atoms with Gasteiger partial charge in [-0.05, 0) is 37.5 Å². The van der Waals surface area contributed by atoms with E-state index >= 15 is 0 Å². The van der Waals surface area contributed by atoms with E-state index in [1.54, 1.807) is 0 Å². The van der Waals surface area contributed by atoms with Crippen LogP contribution in [-0.2, 0) is 0 Å². The van der Waals surface area contributed by atoms with Crippen LogP contribution < -0.4 is 0 Å². The Balaban J connectivity index is 1.83. The van der Waals surface area contributed by atoms with Crippen LogP contribution in [0.4, 0.5) is 0 Å². The van der Waals surface area contributed by atoms with Crippen LogP contribution in [0.1, 0.15) is 45.6 Å². The average molecular weight is 271 g/mol. The lowest BCUT2D eigenvalue weighted by molar-refractivity contribution is 0.118. The van der Waals surface area contributed by atoms with E-state index < -0.39 is 0 Å². The molecule has 0 radical (unpaired) electrons. The highest BCUT2D eigenvalue weighted by Gasteiger charge is 2.71. The third-order valence-electron chi connectivity index (χ3n) is 6.27. The first-order chi connectivity index (χ1) is 8.99. The summed E-state index contributed by atoms with van der Waals surface area (Å²) in [5, 5.41) is 1.27. The van der Waals surface area contributed by atoms with Gasteiger partial charge in [0.05, 0.1) is 10.6 Å². The van der Waals surface area contributed by atoms with Gasteiger partial charge in [-0.1, -0.05) is 55.9 Å². The van der Waals surface area contributed by atoms with Gasteiger partial charge in [-0.15, -0.1) is 0 Å². The predicted octanol–water partition coefficient (Wildman–Crippen LogP) is 4.52. The first-order valence-corrected chi connectivity index (χ1v) is 8.14. The van der Waals surface area contributed by atoms with Crippen molar-refractivity contribution in [2.45, 2.75) is 50.3 Å². The molecular formula is C17H21NS. The van der Waals surface area contributed by atoms with E-state index in [-0.39, 0.29) is 5.54 Å². The first-order valence-electron chi connectivity index (χ1n) is 7.33. The summed E-state index contributed by atoms with van der Waals surface area (Å²) >= 11 is 2.07. The van der Waals surface area contributed by atoms with Gasteiger partial charge in [0.1, 0.15) is 0 Å². The summed E-state index contributed by atoms with van der Waals surface area (Å²) in [4.78, 5) is 5.26. The molecule has 2 saturated carbocycles. The Morgan fingerprint density at radius 1 is 1.16 bits per heavy atom. The molecule has 2 fully saturated rings. The summed E-state index contributed by atoms with van der Waals surface area (Å²) in [5.41, 5.74) is 1.77. The summed E-state index contributed by atoms with van der Waals surface area (Å²) < 4.78 is 0.381. The fourth-order valence-electron chi connectivity index (χ4n) is 4.61. The number of hydrogen-bond donors (Lipinski definition) is 0. The van der Waals surface area contributed by atoms with E-state index in [9.17, 15) is 0 Å². The Kier molecular flexibility index (Phi) is 2.19. The van der Waals surface area contributed by atoms with E-state index in [0.29, 0.717) is 10.2 Å². The Labute approximate surface area is 119 Å². The number of nitrogens with zero attached hydrogens (tertiary/aromatic N) is 1. The molecule has 4 rings (SSSR count). The van der Waals surface area contributed by atoms with Gasteiger partial charge in [-0.3, -0.25) is 4.99 Å². The van der Waals surface area contributed by atoms with E-state index in [2.05, 4.69) is 62.9 Å². The molecule has 3 aliphatic rings. The van der Waals surface area contributed by atoms with Gasteiger partial charge >= 0.3 is 0 Å². The van der Waals surface area contributed by atoms with Crippen molar-refractivity contribution in [2.75, 3.05) is 0 Å². The molecule has 0 aromatic heterocycles. The van der Waals surface area contributed by atoms with Gasteiger partial charge in [0.2, 0.25) is 0 Å². The number of benzene rings is 1. The third-order valence-corrected chi connectivity index (χ3v) is 7.95. The molecule has 0 N–H and O–H groups in total. The maximum Gasteiger partial charge on any atom is 0.0990 e. The number of rotatable bonds is 1.